The monoisotopic (exact) mass is 312 g/mol. The zero-order chi connectivity index (χ0) is 16.3. The van der Waals surface area contributed by atoms with E-state index in [0.29, 0.717) is 6.54 Å². The van der Waals surface area contributed by atoms with Crippen LogP contribution in [0.15, 0.2) is 54.1 Å². The van der Waals surface area contributed by atoms with Gasteiger partial charge in [-0.15, -0.1) is 6.58 Å². The SMILES string of the molecule is C=CCN=C(NCC)N1CCN(C/C=C/c2ccccc2)CC1. The van der Waals surface area contributed by atoms with Gasteiger partial charge in [0.1, 0.15) is 0 Å². The van der Waals surface area contributed by atoms with Crippen LogP contribution in [0.4, 0.5) is 0 Å². The van der Waals surface area contributed by atoms with Crippen molar-refractivity contribution in [3.8, 4) is 0 Å². The predicted molar refractivity (Wildman–Crippen MR) is 99.7 cm³/mol. The molecule has 0 spiro atoms. The Balaban J connectivity index is 1.78. The molecule has 0 aliphatic carbocycles. The van der Waals surface area contributed by atoms with Crippen LogP contribution in [0.5, 0.6) is 0 Å². The smallest absolute Gasteiger partial charge is 0.194 e. The van der Waals surface area contributed by atoms with Crippen LogP contribution in [0.2, 0.25) is 0 Å². The van der Waals surface area contributed by atoms with Crippen LogP contribution < -0.4 is 5.32 Å². The summed E-state index contributed by atoms with van der Waals surface area (Å²) < 4.78 is 0. The summed E-state index contributed by atoms with van der Waals surface area (Å²) in [5, 5.41) is 3.36. The van der Waals surface area contributed by atoms with E-state index in [0.717, 1.165) is 45.2 Å². The molecule has 0 amide bonds. The van der Waals surface area contributed by atoms with Gasteiger partial charge in [0.15, 0.2) is 5.96 Å². The first-order chi connectivity index (χ1) is 11.3. The molecule has 0 aromatic heterocycles. The van der Waals surface area contributed by atoms with Gasteiger partial charge in [0, 0.05) is 39.3 Å². The molecule has 0 atom stereocenters. The predicted octanol–water partition coefficient (Wildman–Crippen LogP) is 2.47. The van der Waals surface area contributed by atoms with Crippen LogP contribution in [0.3, 0.4) is 0 Å². The highest BCUT2D eigenvalue weighted by atomic mass is 15.3. The van der Waals surface area contributed by atoms with Crippen molar-refractivity contribution in [2.75, 3.05) is 45.8 Å². The fourth-order valence-electron chi connectivity index (χ4n) is 2.62. The summed E-state index contributed by atoms with van der Waals surface area (Å²) in [6.07, 6.45) is 6.28. The highest BCUT2D eigenvalue weighted by Gasteiger charge is 2.18. The van der Waals surface area contributed by atoms with Gasteiger partial charge in [-0.25, -0.2) is 4.99 Å². The number of rotatable bonds is 6. The maximum atomic E-state index is 4.56. The Morgan fingerprint density at radius 2 is 1.96 bits per heavy atom. The first-order valence-electron chi connectivity index (χ1n) is 8.41. The Morgan fingerprint density at radius 3 is 2.61 bits per heavy atom. The second-order valence-corrected chi connectivity index (χ2v) is 5.58. The third-order valence-electron chi connectivity index (χ3n) is 3.85. The van der Waals surface area contributed by atoms with Crippen molar-refractivity contribution >= 4 is 12.0 Å². The number of nitrogens with one attached hydrogen (secondary N) is 1. The lowest BCUT2D eigenvalue weighted by Crippen LogP contribution is -2.52. The van der Waals surface area contributed by atoms with Gasteiger partial charge in [-0.05, 0) is 12.5 Å². The number of benzene rings is 1. The van der Waals surface area contributed by atoms with Crippen LogP contribution >= 0.6 is 0 Å². The molecule has 0 unspecified atom stereocenters. The average molecular weight is 312 g/mol. The molecule has 2 rings (SSSR count). The normalized spacial score (nSPS) is 16.7. The molecule has 23 heavy (non-hydrogen) atoms. The molecule has 4 nitrogen and oxygen atoms in total. The van der Waals surface area contributed by atoms with Gasteiger partial charge in [0.05, 0.1) is 6.54 Å². The minimum atomic E-state index is 0.669. The summed E-state index contributed by atoms with van der Waals surface area (Å²) in [5.74, 6) is 1.01. The molecule has 1 aliphatic heterocycles. The van der Waals surface area contributed by atoms with E-state index in [1.54, 1.807) is 0 Å². The molecule has 0 saturated carbocycles. The molecule has 1 heterocycles. The van der Waals surface area contributed by atoms with Gasteiger partial charge in [0.2, 0.25) is 0 Å². The van der Waals surface area contributed by atoms with Crippen molar-refractivity contribution in [1.29, 1.82) is 0 Å². The molecule has 0 radical (unpaired) electrons. The van der Waals surface area contributed by atoms with Gasteiger partial charge in [-0.2, -0.15) is 0 Å². The van der Waals surface area contributed by atoms with E-state index in [4.69, 9.17) is 0 Å². The molecule has 0 bridgehead atoms. The molecule has 4 heteroatoms. The van der Waals surface area contributed by atoms with E-state index < -0.39 is 0 Å². The molecule has 1 aromatic rings. The largest absolute Gasteiger partial charge is 0.357 e. The molecule has 1 fully saturated rings. The second-order valence-electron chi connectivity index (χ2n) is 5.58. The molecule has 124 valence electrons. The van der Waals surface area contributed by atoms with Crippen molar-refractivity contribution in [3.63, 3.8) is 0 Å². The topological polar surface area (TPSA) is 30.9 Å². The minimum absolute atomic E-state index is 0.669. The fraction of sp³-hybridized carbons (Fsp3) is 0.421. The lowest BCUT2D eigenvalue weighted by molar-refractivity contribution is 0.194. The van der Waals surface area contributed by atoms with Crippen molar-refractivity contribution in [2.45, 2.75) is 6.92 Å². The third-order valence-corrected chi connectivity index (χ3v) is 3.85. The lowest BCUT2D eigenvalue weighted by atomic mass is 10.2. The summed E-state index contributed by atoms with van der Waals surface area (Å²) in [5.41, 5.74) is 1.26. The summed E-state index contributed by atoms with van der Waals surface area (Å²) >= 11 is 0. The van der Waals surface area contributed by atoms with Crippen molar-refractivity contribution in [3.05, 3.63) is 54.6 Å². The van der Waals surface area contributed by atoms with Crippen molar-refractivity contribution < 1.29 is 0 Å². The average Bonchev–Trinajstić information content (AvgIpc) is 2.60. The van der Waals surface area contributed by atoms with Crippen LogP contribution in [-0.2, 0) is 0 Å². The third kappa shape index (κ3) is 5.91. The highest BCUT2D eigenvalue weighted by molar-refractivity contribution is 5.80. The Bertz CT molecular complexity index is 513. The van der Waals surface area contributed by atoms with Gasteiger partial charge in [0.25, 0.3) is 0 Å². The first-order valence-corrected chi connectivity index (χ1v) is 8.41. The van der Waals surface area contributed by atoms with Gasteiger partial charge in [-0.1, -0.05) is 48.6 Å². The van der Waals surface area contributed by atoms with Crippen LogP contribution in [0.1, 0.15) is 12.5 Å². The van der Waals surface area contributed by atoms with Crippen molar-refractivity contribution in [1.82, 2.24) is 15.1 Å². The van der Waals surface area contributed by atoms with Crippen molar-refractivity contribution in [2.24, 2.45) is 4.99 Å². The molecular weight excluding hydrogens is 284 g/mol. The van der Waals surface area contributed by atoms with Gasteiger partial charge >= 0.3 is 0 Å². The van der Waals surface area contributed by atoms with E-state index in [2.05, 4.69) is 70.0 Å². The molecular formula is C19H28N4. The van der Waals surface area contributed by atoms with E-state index in [1.807, 2.05) is 12.1 Å². The van der Waals surface area contributed by atoms with Crippen LogP contribution in [0.25, 0.3) is 6.08 Å². The maximum Gasteiger partial charge on any atom is 0.194 e. The Kier molecular flexibility index (Phi) is 7.40. The Hall–Kier alpha value is -2.07. The van der Waals surface area contributed by atoms with Gasteiger partial charge < -0.3 is 10.2 Å². The number of aliphatic imine (C=N–C) groups is 1. The maximum absolute atomic E-state index is 4.56. The zero-order valence-electron chi connectivity index (χ0n) is 14.1. The zero-order valence-corrected chi connectivity index (χ0v) is 14.1. The quantitative estimate of drug-likeness (QED) is 0.497. The Labute approximate surface area is 140 Å². The van der Waals surface area contributed by atoms with Gasteiger partial charge in [-0.3, -0.25) is 4.90 Å². The van der Waals surface area contributed by atoms with E-state index in [9.17, 15) is 0 Å². The summed E-state index contributed by atoms with van der Waals surface area (Å²) in [7, 11) is 0. The van der Waals surface area contributed by atoms with E-state index >= 15 is 0 Å². The van der Waals surface area contributed by atoms with Crippen LogP contribution in [-0.4, -0.2) is 61.6 Å². The van der Waals surface area contributed by atoms with E-state index in [-0.39, 0.29) is 0 Å². The summed E-state index contributed by atoms with van der Waals surface area (Å²) in [6, 6.07) is 10.5. The number of hydrogen-bond acceptors (Lipinski definition) is 2. The first kappa shape index (κ1) is 17.3. The number of hydrogen-bond donors (Lipinski definition) is 1. The minimum Gasteiger partial charge on any atom is -0.357 e. The van der Waals surface area contributed by atoms with Crippen LogP contribution in [0, 0.1) is 0 Å². The summed E-state index contributed by atoms with van der Waals surface area (Å²) in [4.78, 5) is 9.38. The van der Waals surface area contributed by atoms with E-state index in [1.165, 1.54) is 5.56 Å². The fourth-order valence-corrected chi connectivity index (χ4v) is 2.62. The number of nitrogens with zero attached hydrogens (tertiary/aromatic N) is 3. The Morgan fingerprint density at radius 1 is 1.22 bits per heavy atom. The molecule has 1 aliphatic rings. The molecule has 1 aromatic carbocycles. The number of piperazine rings is 1. The molecule has 1 saturated heterocycles. The second kappa shape index (κ2) is 9.85. The summed E-state index contributed by atoms with van der Waals surface area (Å²) in [6.45, 7) is 12.6. The standard InChI is InChI=1S/C19H28N4/c1-3-12-21-19(20-4-2)23-16-14-22(15-17-23)13-8-11-18-9-6-5-7-10-18/h3,5-11H,1,4,12-17H2,2H3,(H,20,21)/b11-8+. The highest BCUT2D eigenvalue weighted by Crippen LogP contribution is 2.05. The lowest BCUT2D eigenvalue weighted by Gasteiger charge is -2.36. The number of guanidine groups is 1. The molecule has 1 N–H and O–H groups in total.